The highest BCUT2D eigenvalue weighted by Crippen LogP contribution is 2.36. The zero-order valence-corrected chi connectivity index (χ0v) is 25.3. The van der Waals surface area contributed by atoms with Gasteiger partial charge >= 0.3 is 0 Å². The molecule has 0 atom stereocenters. The Kier molecular flexibility index (Phi) is 10.1. The number of nitrogens with zero attached hydrogens (tertiary/aromatic N) is 2. The number of benzene rings is 3. The van der Waals surface area contributed by atoms with Gasteiger partial charge in [-0.2, -0.15) is 0 Å². The first-order chi connectivity index (χ1) is 20.1. The molecule has 5 rings (SSSR count). The third kappa shape index (κ3) is 7.17. The number of fused-ring (bicyclic) bond motifs is 1. The molecular weight excluding hydrogens is 512 g/mol. The van der Waals surface area contributed by atoms with Crippen molar-refractivity contribution in [3.63, 3.8) is 0 Å². The molecule has 6 heteroatoms. The molecule has 41 heavy (non-hydrogen) atoms. The van der Waals surface area contributed by atoms with E-state index >= 15 is 0 Å². The van der Waals surface area contributed by atoms with Crippen molar-refractivity contribution in [3.05, 3.63) is 70.8 Å². The second-order valence-corrected chi connectivity index (χ2v) is 11.3. The summed E-state index contributed by atoms with van der Waals surface area (Å²) >= 11 is 0. The number of ether oxygens (including phenoxy) is 4. The van der Waals surface area contributed by atoms with Crippen LogP contribution in [0.1, 0.15) is 47.9 Å². The summed E-state index contributed by atoms with van der Waals surface area (Å²) in [5.74, 6) is 3.55. The van der Waals surface area contributed by atoms with Crippen LogP contribution in [0.15, 0.2) is 48.5 Å². The van der Waals surface area contributed by atoms with E-state index < -0.39 is 0 Å². The van der Waals surface area contributed by atoms with Crippen LogP contribution in [0.3, 0.4) is 0 Å². The lowest BCUT2D eigenvalue weighted by Crippen LogP contribution is -2.32. The monoisotopic (exact) mass is 558 g/mol. The lowest BCUT2D eigenvalue weighted by molar-refractivity contribution is 0.220. The molecule has 1 saturated heterocycles. The molecule has 2 aliphatic heterocycles. The van der Waals surface area contributed by atoms with Crippen molar-refractivity contribution < 1.29 is 18.9 Å². The maximum atomic E-state index is 6.33. The maximum absolute atomic E-state index is 6.33. The van der Waals surface area contributed by atoms with Crippen molar-refractivity contribution in [2.45, 2.75) is 52.5 Å². The van der Waals surface area contributed by atoms with Crippen LogP contribution >= 0.6 is 0 Å². The molecule has 0 spiro atoms. The molecule has 1 fully saturated rings. The lowest BCUT2D eigenvalue weighted by Gasteiger charge is -2.29. The van der Waals surface area contributed by atoms with Gasteiger partial charge < -0.3 is 23.8 Å². The summed E-state index contributed by atoms with van der Waals surface area (Å²) < 4.78 is 23.6. The van der Waals surface area contributed by atoms with Crippen LogP contribution in [0.5, 0.6) is 23.0 Å². The average Bonchev–Trinajstić information content (AvgIpc) is 3.52. The molecule has 0 radical (unpaired) electrons. The minimum absolute atomic E-state index is 0.693. The van der Waals surface area contributed by atoms with Crippen LogP contribution in [0.2, 0.25) is 0 Å². The Balaban J connectivity index is 1.14. The molecule has 0 N–H and O–H groups in total. The van der Waals surface area contributed by atoms with Crippen LogP contribution in [0, 0.1) is 13.8 Å². The van der Waals surface area contributed by atoms with Crippen LogP contribution in [0.4, 0.5) is 0 Å². The van der Waals surface area contributed by atoms with E-state index in [4.69, 9.17) is 18.9 Å². The second-order valence-electron chi connectivity index (χ2n) is 11.3. The van der Waals surface area contributed by atoms with Gasteiger partial charge in [-0.3, -0.25) is 4.90 Å². The summed E-state index contributed by atoms with van der Waals surface area (Å²) in [7, 11) is 3.39. The third-order valence-electron chi connectivity index (χ3n) is 8.61. The Hall–Kier alpha value is -3.22. The first-order valence-corrected chi connectivity index (χ1v) is 15.2. The Morgan fingerprint density at radius 1 is 0.634 bits per heavy atom. The van der Waals surface area contributed by atoms with Gasteiger partial charge in [-0.05, 0) is 117 Å². The highest BCUT2D eigenvalue weighted by atomic mass is 16.5. The molecule has 6 nitrogen and oxygen atoms in total. The van der Waals surface area contributed by atoms with Gasteiger partial charge in [0, 0.05) is 26.2 Å². The van der Waals surface area contributed by atoms with Crippen LogP contribution in [-0.4, -0.2) is 70.0 Å². The summed E-state index contributed by atoms with van der Waals surface area (Å²) in [6.45, 7) is 12.4. The molecule has 220 valence electrons. The summed E-state index contributed by atoms with van der Waals surface area (Å²) in [5.41, 5.74) is 7.47. The van der Waals surface area contributed by atoms with Gasteiger partial charge in [-0.1, -0.05) is 24.3 Å². The summed E-state index contributed by atoms with van der Waals surface area (Å²) in [6.07, 6.45) is 5.75. The number of likely N-dealkylation sites (tertiary alicyclic amines) is 1. The maximum Gasteiger partial charge on any atom is 0.161 e. The highest BCUT2D eigenvalue weighted by molar-refractivity contribution is 5.74. The molecule has 0 aromatic heterocycles. The fraction of sp³-hybridized carbons (Fsp3) is 0.486. The predicted octanol–water partition coefficient (Wildman–Crippen LogP) is 6.68. The Morgan fingerprint density at radius 3 is 1.73 bits per heavy atom. The molecule has 3 aromatic carbocycles. The fourth-order valence-electron chi connectivity index (χ4n) is 6.20. The molecule has 0 aliphatic carbocycles. The Morgan fingerprint density at radius 2 is 1.17 bits per heavy atom. The average molecular weight is 559 g/mol. The molecule has 0 saturated carbocycles. The molecule has 0 amide bonds. The smallest absolute Gasteiger partial charge is 0.161 e. The topological polar surface area (TPSA) is 43.4 Å². The molecule has 2 aliphatic rings. The number of methoxy groups -OCH3 is 2. The van der Waals surface area contributed by atoms with E-state index in [2.05, 4.69) is 72.2 Å². The number of hydrogen-bond donors (Lipinski definition) is 0. The van der Waals surface area contributed by atoms with Gasteiger partial charge in [-0.25, -0.2) is 0 Å². The SMILES string of the molecule is COc1cc2c(cc1OC)CN(CCCOc1cccc(-c3cccc(OCCCN4CCCC4)c3C)c1C)CC2. The quantitative estimate of drug-likeness (QED) is 0.218. The minimum atomic E-state index is 0.693. The van der Waals surface area contributed by atoms with E-state index in [-0.39, 0.29) is 0 Å². The molecule has 0 bridgehead atoms. The standard InChI is InChI=1S/C35H46N2O4/c1-26-30(11-7-13-32(26)40-21-9-18-36-16-5-6-17-36)31-12-8-14-33(27(31)2)41-22-10-19-37-20-15-28-23-34(38-3)35(39-4)24-29(28)25-37/h7-8,11-14,23-24H,5-6,9-10,15-22,25H2,1-4H3. The van der Waals surface area contributed by atoms with Gasteiger partial charge in [0.05, 0.1) is 27.4 Å². The largest absolute Gasteiger partial charge is 0.493 e. The van der Waals surface area contributed by atoms with E-state index in [0.717, 1.165) is 75.0 Å². The summed E-state index contributed by atoms with van der Waals surface area (Å²) in [4.78, 5) is 5.04. The number of rotatable bonds is 13. The van der Waals surface area contributed by atoms with E-state index in [0.29, 0.717) is 6.61 Å². The van der Waals surface area contributed by atoms with Crippen molar-refractivity contribution in [1.82, 2.24) is 9.80 Å². The first-order valence-electron chi connectivity index (χ1n) is 15.2. The van der Waals surface area contributed by atoms with E-state index in [1.807, 2.05) is 0 Å². The summed E-state index contributed by atoms with van der Waals surface area (Å²) in [6, 6.07) is 17.0. The van der Waals surface area contributed by atoms with E-state index in [1.165, 1.54) is 59.3 Å². The molecule has 3 aromatic rings. The van der Waals surface area contributed by atoms with Crippen LogP contribution in [0.25, 0.3) is 11.1 Å². The molecule has 2 heterocycles. The van der Waals surface area contributed by atoms with Gasteiger partial charge in [0.2, 0.25) is 0 Å². The van der Waals surface area contributed by atoms with Gasteiger partial charge in [0.1, 0.15) is 11.5 Å². The fourth-order valence-corrected chi connectivity index (χ4v) is 6.20. The number of hydrogen-bond acceptors (Lipinski definition) is 6. The Bertz CT molecular complexity index is 1300. The van der Waals surface area contributed by atoms with Gasteiger partial charge in [-0.15, -0.1) is 0 Å². The highest BCUT2D eigenvalue weighted by Gasteiger charge is 2.19. The van der Waals surface area contributed by atoms with Gasteiger partial charge in [0.25, 0.3) is 0 Å². The zero-order chi connectivity index (χ0) is 28.6. The van der Waals surface area contributed by atoms with Crippen molar-refractivity contribution in [2.24, 2.45) is 0 Å². The van der Waals surface area contributed by atoms with Gasteiger partial charge in [0.15, 0.2) is 11.5 Å². The van der Waals surface area contributed by atoms with Crippen LogP contribution < -0.4 is 18.9 Å². The van der Waals surface area contributed by atoms with E-state index in [1.54, 1.807) is 14.2 Å². The third-order valence-corrected chi connectivity index (χ3v) is 8.61. The van der Waals surface area contributed by atoms with Crippen molar-refractivity contribution >= 4 is 0 Å². The Labute approximate surface area is 246 Å². The predicted molar refractivity (Wildman–Crippen MR) is 166 cm³/mol. The summed E-state index contributed by atoms with van der Waals surface area (Å²) in [5, 5.41) is 0. The lowest BCUT2D eigenvalue weighted by atomic mass is 9.95. The second kappa shape index (κ2) is 14.1. The van der Waals surface area contributed by atoms with Crippen molar-refractivity contribution in [2.75, 3.05) is 60.2 Å². The molecule has 0 unspecified atom stereocenters. The van der Waals surface area contributed by atoms with E-state index in [9.17, 15) is 0 Å². The van der Waals surface area contributed by atoms with Crippen LogP contribution in [-0.2, 0) is 13.0 Å². The minimum Gasteiger partial charge on any atom is -0.493 e. The first kappa shape index (κ1) is 29.3. The van der Waals surface area contributed by atoms with Crippen molar-refractivity contribution in [3.8, 4) is 34.1 Å². The molecular formula is C35H46N2O4. The normalized spacial score (nSPS) is 15.5. The van der Waals surface area contributed by atoms with Crippen molar-refractivity contribution in [1.29, 1.82) is 0 Å². The zero-order valence-electron chi connectivity index (χ0n) is 25.3.